The second kappa shape index (κ2) is 10.1. The highest BCUT2D eigenvalue weighted by Gasteiger charge is 2.20. The van der Waals surface area contributed by atoms with Gasteiger partial charge >= 0.3 is 0 Å². The van der Waals surface area contributed by atoms with Gasteiger partial charge in [0.05, 0.1) is 21.4 Å². The van der Waals surface area contributed by atoms with Gasteiger partial charge in [-0.25, -0.2) is 4.68 Å². The first-order valence-electron chi connectivity index (χ1n) is 11.1. The molecule has 0 saturated carbocycles. The number of aromatic nitrogens is 3. The van der Waals surface area contributed by atoms with E-state index in [2.05, 4.69) is 17.1 Å². The molecule has 1 aromatic carbocycles. The summed E-state index contributed by atoms with van der Waals surface area (Å²) in [6.07, 6.45) is 6.71. The zero-order valence-corrected chi connectivity index (χ0v) is 20.0. The highest BCUT2D eigenvalue weighted by molar-refractivity contribution is 6.42. The fourth-order valence-electron chi connectivity index (χ4n) is 4.27. The molecule has 170 valence electrons. The zero-order chi connectivity index (χ0) is 22.7. The maximum absolute atomic E-state index is 13.1. The summed E-state index contributed by atoms with van der Waals surface area (Å²) in [5, 5.41) is 8.66. The molecule has 3 aromatic rings. The normalized spacial score (nSPS) is 16.9. The van der Waals surface area contributed by atoms with Crippen molar-refractivity contribution in [3.05, 3.63) is 58.3 Å². The molecule has 0 aliphatic carbocycles. The number of hydrogen-bond donors (Lipinski definition) is 1. The van der Waals surface area contributed by atoms with Gasteiger partial charge in [0, 0.05) is 32.4 Å². The number of carbonyl (C=O) groups is 1. The fraction of sp³-hybridized carbons (Fsp3) is 0.417. The van der Waals surface area contributed by atoms with Crippen LogP contribution in [0.5, 0.6) is 0 Å². The van der Waals surface area contributed by atoms with Crippen molar-refractivity contribution in [3.8, 4) is 17.1 Å². The molecule has 8 heteroatoms. The van der Waals surface area contributed by atoms with Crippen LogP contribution in [0.1, 0.15) is 43.1 Å². The highest BCUT2D eigenvalue weighted by Crippen LogP contribution is 2.27. The maximum atomic E-state index is 13.1. The van der Waals surface area contributed by atoms with Crippen molar-refractivity contribution < 1.29 is 4.79 Å². The standard InChI is InChI=1S/C24H29Cl2N5O/c1-17-7-3-4-13-30(17)14-6-11-27-24(32)23-16-21(22-8-5-12-29(22)2)28-31(23)18-9-10-19(25)20(26)15-18/h5,8-10,12,15-17H,3-4,6-7,11,13-14H2,1-2H3,(H,27,32). The van der Waals surface area contributed by atoms with Crippen LogP contribution >= 0.6 is 23.2 Å². The Kier molecular flexibility index (Phi) is 7.23. The summed E-state index contributed by atoms with van der Waals surface area (Å²) in [5.41, 5.74) is 2.80. The predicted molar refractivity (Wildman–Crippen MR) is 130 cm³/mol. The molecule has 3 heterocycles. The van der Waals surface area contributed by atoms with Gasteiger partial charge in [-0.15, -0.1) is 0 Å². The summed E-state index contributed by atoms with van der Waals surface area (Å²) < 4.78 is 3.61. The van der Waals surface area contributed by atoms with Crippen molar-refractivity contribution in [3.63, 3.8) is 0 Å². The van der Waals surface area contributed by atoms with Crippen molar-refractivity contribution in [2.45, 2.75) is 38.6 Å². The Morgan fingerprint density at radius 2 is 2.03 bits per heavy atom. The van der Waals surface area contributed by atoms with Crippen LogP contribution in [0, 0.1) is 0 Å². The molecular weight excluding hydrogens is 445 g/mol. The van der Waals surface area contributed by atoms with E-state index in [0.29, 0.717) is 34.0 Å². The lowest BCUT2D eigenvalue weighted by atomic mass is 10.0. The minimum atomic E-state index is -0.157. The highest BCUT2D eigenvalue weighted by atomic mass is 35.5. The summed E-state index contributed by atoms with van der Waals surface area (Å²) in [6, 6.07) is 11.6. The molecule has 1 aliphatic heterocycles. The Morgan fingerprint density at radius 3 is 2.75 bits per heavy atom. The Bertz CT molecular complexity index is 1090. The number of nitrogens with zero attached hydrogens (tertiary/aromatic N) is 4. The zero-order valence-electron chi connectivity index (χ0n) is 18.5. The molecule has 4 rings (SSSR count). The molecule has 0 spiro atoms. The number of nitrogens with one attached hydrogen (secondary N) is 1. The van der Waals surface area contributed by atoms with Gasteiger partial charge in [-0.3, -0.25) is 4.79 Å². The lowest BCUT2D eigenvalue weighted by Gasteiger charge is -2.33. The number of benzene rings is 1. The lowest BCUT2D eigenvalue weighted by Crippen LogP contribution is -2.39. The van der Waals surface area contributed by atoms with E-state index in [0.717, 1.165) is 30.9 Å². The second-order valence-electron chi connectivity index (χ2n) is 8.42. The van der Waals surface area contributed by atoms with Crippen molar-refractivity contribution >= 4 is 29.1 Å². The van der Waals surface area contributed by atoms with E-state index in [4.69, 9.17) is 28.3 Å². The van der Waals surface area contributed by atoms with Crippen LogP contribution in [0.25, 0.3) is 17.1 Å². The summed E-state index contributed by atoms with van der Waals surface area (Å²) in [6.45, 7) is 5.06. The number of halogens is 2. The molecular formula is C24H29Cl2N5O. The molecule has 1 N–H and O–H groups in total. The average molecular weight is 474 g/mol. The summed E-state index contributed by atoms with van der Waals surface area (Å²) in [4.78, 5) is 15.6. The maximum Gasteiger partial charge on any atom is 0.270 e. The molecule has 1 atom stereocenters. The number of hydrogen-bond acceptors (Lipinski definition) is 3. The molecule has 32 heavy (non-hydrogen) atoms. The van der Waals surface area contributed by atoms with Crippen LogP contribution in [0.4, 0.5) is 0 Å². The third-order valence-electron chi connectivity index (χ3n) is 6.14. The lowest BCUT2D eigenvalue weighted by molar-refractivity contribution is 0.0941. The van der Waals surface area contributed by atoms with Gasteiger partial charge in [0.25, 0.3) is 5.91 Å². The van der Waals surface area contributed by atoms with Gasteiger partial charge in [-0.2, -0.15) is 5.10 Å². The number of rotatable bonds is 7. The topological polar surface area (TPSA) is 55.1 Å². The van der Waals surface area contributed by atoms with Gasteiger partial charge in [-0.05, 0) is 69.1 Å². The van der Waals surface area contributed by atoms with E-state index in [9.17, 15) is 4.79 Å². The Balaban J connectivity index is 1.52. The van der Waals surface area contributed by atoms with Crippen molar-refractivity contribution in [1.82, 2.24) is 24.6 Å². The molecule has 0 radical (unpaired) electrons. The van der Waals surface area contributed by atoms with Gasteiger partial charge in [0.15, 0.2) is 0 Å². The minimum absolute atomic E-state index is 0.157. The smallest absolute Gasteiger partial charge is 0.270 e. The van der Waals surface area contributed by atoms with Gasteiger partial charge in [0.1, 0.15) is 11.4 Å². The summed E-state index contributed by atoms with van der Waals surface area (Å²) in [7, 11) is 1.95. The Morgan fingerprint density at radius 1 is 1.19 bits per heavy atom. The molecule has 2 aromatic heterocycles. The molecule has 0 bridgehead atoms. The quantitative estimate of drug-likeness (QED) is 0.481. The SMILES string of the molecule is CC1CCCCN1CCCNC(=O)c1cc(-c2cccn2C)nn1-c1ccc(Cl)c(Cl)c1. The van der Waals surface area contributed by atoms with E-state index >= 15 is 0 Å². The summed E-state index contributed by atoms with van der Waals surface area (Å²) in [5.74, 6) is -0.157. The number of piperidine rings is 1. The molecule has 1 saturated heterocycles. The van der Waals surface area contributed by atoms with E-state index < -0.39 is 0 Å². The van der Waals surface area contributed by atoms with Crippen LogP contribution in [-0.2, 0) is 7.05 Å². The third-order valence-corrected chi connectivity index (χ3v) is 6.88. The number of amides is 1. The number of carbonyl (C=O) groups excluding carboxylic acids is 1. The van der Waals surface area contributed by atoms with Crippen LogP contribution in [0.15, 0.2) is 42.6 Å². The van der Waals surface area contributed by atoms with Crippen LogP contribution in [-0.4, -0.2) is 50.8 Å². The predicted octanol–water partition coefficient (Wildman–Crippen LogP) is 5.18. The molecule has 1 unspecified atom stereocenters. The van der Waals surface area contributed by atoms with Crippen LogP contribution in [0.2, 0.25) is 10.0 Å². The molecule has 1 fully saturated rings. The third kappa shape index (κ3) is 5.03. The van der Waals surface area contributed by atoms with E-state index in [1.165, 1.54) is 19.3 Å². The molecule has 1 aliphatic rings. The Labute approximate surface area is 199 Å². The van der Waals surface area contributed by atoms with Crippen LogP contribution < -0.4 is 5.32 Å². The van der Waals surface area contributed by atoms with E-state index in [1.807, 2.05) is 42.1 Å². The monoisotopic (exact) mass is 473 g/mol. The van der Waals surface area contributed by atoms with E-state index in [-0.39, 0.29) is 5.91 Å². The first kappa shape index (κ1) is 22.9. The van der Waals surface area contributed by atoms with Crippen molar-refractivity contribution in [2.24, 2.45) is 7.05 Å². The van der Waals surface area contributed by atoms with Crippen molar-refractivity contribution in [1.29, 1.82) is 0 Å². The molecule has 1 amide bonds. The van der Waals surface area contributed by atoms with Gasteiger partial charge < -0.3 is 14.8 Å². The number of likely N-dealkylation sites (tertiary alicyclic amines) is 1. The molecule has 6 nitrogen and oxygen atoms in total. The average Bonchev–Trinajstić information content (AvgIpc) is 3.40. The van der Waals surface area contributed by atoms with E-state index in [1.54, 1.807) is 16.8 Å². The Hall–Kier alpha value is -2.28. The second-order valence-corrected chi connectivity index (χ2v) is 9.23. The van der Waals surface area contributed by atoms with Gasteiger partial charge in [-0.1, -0.05) is 29.6 Å². The summed E-state index contributed by atoms with van der Waals surface area (Å²) >= 11 is 12.3. The van der Waals surface area contributed by atoms with Gasteiger partial charge in [0.2, 0.25) is 0 Å². The first-order chi connectivity index (χ1) is 15.4. The van der Waals surface area contributed by atoms with Crippen LogP contribution in [0.3, 0.4) is 0 Å². The largest absolute Gasteiger partial charge is 0.351 e. The first-order valence-corrected chi connectivity index (χ1v) is 11.9. The fourth-order valence-corrected chi connectivity index (χ4v) is 4.57. The number of aryl methyl sites for hydroxylation is 1. The minimum Gasteiger partial charge on any atom is -0.351 e. The van der Waals surface area contributed by atoms with Crippen molar-refractivity contribution in [2.75, 3.05) is 19.6 Å².